The quantitative estimate of drug-likeness (QED) is 0.255. The molecule has 0 radical (unpaired) electrons. The van der Waals surface area contributed by atoms with Gasteiger partial charge in [-0.2, -0.15) is 0 Å². The lowest BCUT2D eigenvalue weighted by molar-refractivity contribution is 0.0385. The Labute approximate surface area is 211 Å². The number of aromatic hydroxyl groups is 1. The van der Waals surface area contributed by atoms with Crippen LogP contribution in [-0.4, -0.2) is 26.1 Å². The summed E-state index contributed by atoms with van der Waals surface area (Å²) in [6, 6.07) is 22.1. The summed E-state index contributed by atoms with van der Waals surface area (Å²) in [4.78, 5) is 6.70. The Hall–Kier alpha value is -3.15. The topological polar surface area (TPSA) is 41.3 Å². The van der Waals surface area contributed by atoms with Crippen LogP contribution in [0.25, 0.3) is 0 Å². The van der Waals surface area contributed by atoms with Crippen molar-refractivity contribution in [1.29, 1.82) is 0 Å². The van der Waals surface area contributed by atoms with E-state index in [1.54, 1.807) is 30.5 Å². The van der Waals surface area contributed by atoms with Crippen LogP contribution in [0.1, 0.15) is 49.5 Å². The van der Waals surface area contributed by atoms with Gasteiger partial charge in [-0.25, -0.2) is 9.37 Å². The number of halogens is 2. The Morgan fingerprint density at radius 1 is 1.06 bits per heavy atom. The van der Waals surface area contributed by atoms with Gasteiger partial charge >= 0.3 is 0 Å². The molecule has 4 aromatic rings. The summed E-state index contributed by atoms with van der Waals surface area (Å²) in [6.07, 6.45) is 7.94. The van der Waals surface area contributed by atoms with Crippen molar-refractivity contribution in [2.45, 2.75) is 44.8 Å². The first-order chi connectivity index (χ1) is 17.0. The van der Waals surface area contributed by atoms with Crippen molar-refractivity contribution in [2.75, 3.05) is 6.54 Å². The van der Waals surface area contributed by atoms with Crippen LogP contribution in [0, 0.1) is 5.82 Å². The highest BCUT2D eigenvalue weighted by atomic mass is 35.5. The maximum Gasteiger partial charge on any atom is 0.123 e. The summed E-state index contributed by atoms with van der Waals surface area (Å²) in [5, 5.41) is 10.5. The normalized spacial score (nSPS) is 14.1. The molecule has 3 aromatic carbocycles. The lowest BCUT2D eigenvalue weighted by Crippen LogP contribution is -2.51. The number of hydrogen-bond acceptors (Lipinski definition) is 3. The molecule has 2 unspecified atom stereocenters. The fourth-order valence-electron chi connectivity index (χ4n) is 4.90. The van der Waals surface area contributed by atoms with E-state index < -0.39 is 5.54 Å². The van der Waals surface area contributed by atoms with Crippen LogP contribution in [0.5, 0.6) is 5.75 Å². The predicted molar refractivity (Wildman–Crippen MR) is 139 cm³/mol. The molecule has 0 saturated heterocycles. The van der Waals surface area contributed by atoms with E-state index in [1.807, 2.05) is 42.9 Å². The van der Waals surface area contributed by atoms with Crippen LogP contribution in [0.15, 0.2) is 91.5 Å². The van der Waals surface area contributed by atoms with Gasteiger partial charge in [-0.1, -0.05) is 73.5 Å². The van der Waals surface area contributed by atoms with Crippen molar-refractivity contribution in [2.24, 2.45) is 0 Å². The third-order valence-corrected chi connectivity index (χ3v) is 7.04. The number of nitrogens with zero attached hydrogens (tertiary/aromatic N) is 3. The highest BCUT2D eigenvalue weighted by Crippen LogP contribution is 2.44. The monoisotopic (exact) mass is 491 g/mol. The number of unbranched alkanes of at least 4 members (excludes halogenated alkanes) is 1. The van der Waals surface area contributed by atoms with E-state index in [0.29, 0.717) is 11.4 Å². The summed E-state index contributed by atoms with van der Waals surface area (Å²) >= 11 is 6.66. The average Bonchev–Trinajstić information content (AvgIpc) is 3.40. The Morgan fingerprint density at radius 3 is 2.49 bits per heavy atom. The third kappa shape index (κ3) is 5.26. The van der Waals surface area contributed by atoms with E-state index in [2.05, 4.69) is 40.4 Å². The van der Waals surface area contributed by atoms with E-state index in [0.717, 1.165) is 36.1 Å². The van der Waals surface area contributed by atoms with Gasteiger partial charge in [-0.3, -0.25) is 4.90 Å². The highest BCUT2D eigenvalue weighted by molar-refractivity contribution is 6.31. The maximum absolute atomic E-state index is 14.8. The van der Waals surface area contributed by atoms with Gasteiger partial charge in [0.2, 0.25) is 0 Å². The van der Waals surface area contributed by atoms with Gasteiger partial charge in [-0.15, -0.1) is 0 Å². The predicted octanol–water partition coefficient (Wildman–Crippen LogP) is 7.19. The van der Waals surface area contributed by atoms with Gasteiger partial charge in [0.1, 0.15) is 11.6 Å². The maximum atomic E-state index is 14.8. The molecule has 0 bridgehead atoms. The Morgan fingerprint density at radius 2 is 1.83 bits per heavy atom. The zero-order valence-electron chi connectivity index (χ0n) is 20.1. The number of hydrogen-bond donors (Lipinski definition) is 1. The fraction of sp³-hybridized carbons (Fsp3) is 0.276. The van der Waals surface area contributed by atoms with Crippen LogP contribution < -0.4 is 0 Å². The van der Waals surface area contributed by atoms with Gasteiger partial charge in [-0.05, 0) is 54.3 Å². The number of phenols is 1. The van der Waals surface area contributed by atoms with Crippen molar-refractivity contribution in [1.82, 2.24) is 14.5 Å². The molecule has 35 heavy (non-hydrogen) atoms. The lowest BCUT2D eigenvalue weighted by Gasteiger charge is -2.48. The van der Waals surface area contributed by atoms with E-state index in [4.69, 9.17) is 11.6 Å². The SMILES string of the molecule is CCCCN(C(C)n1ccnc1)C(Cc1ccc(O)cc1Cl)(c1ccccc1)c1cccc(F)c1. The highest BCUT2D eigenvalue weighted by Gasteiger charge is 2.43. The number of benzene rings is 3. The van der Waals surface area contributed by atoms with Crippen molar-refractivity contribution in [3.8, 4) is 5.75 Å². The van der Waals surface area contributed by atoms with Crippen molar-refractivity contribution in [3.05, 3.63) is 119 Å². The van der Waals surface area contributed by atoms with Crippen LogP contribution in [0.3, 0.4) is 0 Å². The molecule has 0 aliphatic rings. The van der Waals surface area contributed by atoms with Crippen LogP contribution in [0.2, 0.25) is 5.02 Å². The Kier molecular flexibility index (Phi) is 7.89. The molecular formula is C29H31ClFN3O. The first-order valence-corrected chi connectivity index (χ1v) is 12.4. The van der Waals surface area contributed by atoms with E-state index in [-0.39, 0.29) is 17.7 Å². The summed E-state index contributed by atoms with van der Waals surface area (Å²) < 4.78 is 16.9. The molecule has 1 aromatic heterocycles. The minimum Gasteiger partial charge on any atom is -0.508 e. The minimum absolute atomic E-state index is 0.0802. The fourth-order valence-corrected chi connectivity index (χ4v) is 5.14. The van der Waals surface area contributed by atoms with Crippen LogP contribution in [-0.2, 0) is 12.0 Å². The largest absolute Gasteiger partial charge is 0.508 e. The lowest BCUT2D eigenvalue weighted by atomic mass is 9.75. The molecule has 2 atom stereocenters. The number of rotatable bonds is 10. The third-order valence-electron chi connectivity index (χ3n) is 6.69. The Balaban J connectivity index is 2.02. The van der Waals surface area contributed by atoms with Gasteiger partial charge in [0, 0.05) is 30.4 Å². The molecule has 182 valence electrons. The molecule has 0 aliphatic carbocycles. The molecule has 4 nitrogen and oxygen atoms in total. The second-order valence-electron chi connectivity index (χ2n) is 8.88. The standard InChI is InChI=1S/C29H31ClFN3O/c1-3-4-16-34(22(2)33-17-15-32-21-33)29(24-9-6-5-7-10-24,25-11-8-12-26(31)18-25)20-23-13-14-27(35)19-28(23)30/h5-15,17-19,21-22,35H,3-4,16,20H2,1-2H3. The molecule has 1 N–H and O–H groups in total. The van der Waals surface area contributed by atoms with Crippen molar-refractivity contribution in [3.63, 3.8) is 0 Å². The molecule has 0 amide bonds. The molecule has 0 spiro atoms. The molecule has 1 heterocycles. The van der Waals surface area contributed by atoms with Gasteiger partial charge in [0.15, 0.2) is 0 Å². The molecule has 0 saturated carbocycles. The first-order valence-electron chi connectivity index (χ1n) is 12.0. The van der Waals surface area contributed by atoms with E-state index >= 15 is 0 Å². The molecular weight excluding hydrogens is 461 g/mol. The van der Waals surface area contributed by atoms with E-state index in [9.17, 15) is 9.50 Å². The second kappa shape index (κ2) is 11.1. The van der Waals surface area contributed by atoms with Gasteiger partial charge in [0.25, 0.3) is 0 Å². The minimum atomic E-state index is -0.747. The number of aromatic nitrogens is 2. The Bertz CT molecular complexity index is 1230. The summed E-state index contributed by atoms with van der Waals surface area (Å²) in [5.74, 6) is -0.172. The van der Waals surface area contributed by atoms with E-state index in [1.165, 1.54) is 6.07 Å². The van der Waals surface area contributed by atoms with Crippen molar-refractivity contribution < 1.29 is 9.50 Å². The molecule has 6 heteroatoms. The first kappa shape index (κ1) is 25.0. The smallest absolute Gasteiger partial charge is 0.123 e. The summed E-state index contributed by atoms with van der Waals surface area (Å²) in [5.41, 5.74) is 2.01. The average molecular weight is 492 g/mol. The van der Waals surface area contributed by atoms with Crippen molar-refractivity contribution >= 4 is 11.6 Å². The van der Waals surface area contributed by atoms with Crippen LogP contribution >= 0.6 is 11.6 Å². The number of imidazole rings is 1. The zero-order valence-corrected chi connectivity index (χ0v) is 20.9. The van der Waals surface area contributed by atoms with Gasteiger partial charge in [0.05, 0.1) is 18.0 Å². The van der Waals surface area contributed by atoms with Crippen LogP contribution in [0.4, 0.5) is 4.39 Å². The summed E-state index contributed by atoms with van der Waals surface area (Å²) in [6.45, 7) is 5.09. The van der Waals surface area contributed by atoms with Gasteiger partial charge < -0.3 is 9.67 Å². The summed E-state index contributed by atoms with van der Waals surface area (Å²) in [7, 11) is 0. The zero-order chi connectivity index (χ0) is 24.8. The molecule has 4 rings (SSSR count). The number of phenolic OH excluding ortho intramolecular Hbond substituents is 1. The second-order valence-corrected chi connectivity index (χ2v) is 9.29. The molecule has 0 aliphatic heterocycles. The molecule has 0 fully saturated rings.